The zero-order valence-corrected chi connectivity index (χ0v) is 11.4. The smallest absolute Gasteiger partial charge is 0.257 e. The fraction of sp³-hybridized carbons (Fsp3) is 0.500. The van der Waals surface area contributed by atoms with Gasteiger partial charge in [0.2, 0.25) is 0 Å². The predicted octanol–water partition coefficient (Wildman–Crippen LogP) is 1.32. The Labute approximate surface area is 114 Å². The van der Waals surface area contributed by atoms with E-state index in [1.54, 1.807) is 19.2 Å². The molecule has 0 aliphatic rings. The molecule has 0 unspecified atom stereocenters. The Morgan fingerprint density at radius 1 is 1.26 bits per heavy atom. The van der Waals surface area contributed by atoms with Crippen molar-refractivity contribution in [2.45, 2.75) is 19.3 Å². The van der Waals surface area contributed by atoms with Gasteiger partial charge in [0.05, 0.1) is 7.11 Å². The summed E-state index contributed by atoms with van der Waals surface area (Å²) in [7, 11) is 1.59. The molecule has 0 fully saturated rings. The SMILES string of the molecule is COc1cccc(OCC(=O)NCCCCCN)c1. The van der Waals surface area contributed by atoms with E-state index in [0.717, 1.165) is 19.3 Å². The van der Waals surface area contributed by atoms with Gasteiger partial charge < -0.3 is 20.5 Å². The highest BCUT2D eigenvalue weighted by Gasteiger charge is 2.02. The van der Waals surface area contributed by atoms with Gasteiger partial charge in [0.1, 0.15) is 11.5 Å². The third-order valence-corrected chi connectivity index (χ3v) is 2.61. The lowest BCUT2D eigenvalue weighted by atomic mass is 10.2. The number of hydrogen-bond donors (Lipinski definition) is 2. The number of methoxy groups -OCH3 is 1. The van der Waals surface area contributed by atoms with Crippen molar-refractivity contribution < 1.29 is 14.3 Å². The first-order valence-electron chi connectivity index (χ1n) is 6.50. The Kier molecular flexibility index (Phi) is 7.43. The second kappa shape index (κ2) is 9.22. The van der Waals surface area contributed by atoms with Crippen molar-refractivity contribution in [3.63, 3.8) is 0 Å². The normalized spacial score (nSPS) is 10.0. The summed E-state index contributed by atoms with van der Waals surface area (Å²) in [5, 5.41) is 2.80. The molecule has 0 saturated heterocycles. The van der Waals surface area contributed by atoms with Crippen LogP contribution < -0.4 is 20.5 Å². The highest BCUT2D eigenvalue weighted by Crippen LogP contribution is 2.18. The molecular formula is C14H22N2O3. The molecule has 1 rings (SSSR count). The Morgan fingerprint density at radius 3 is 2.79 bits per heavy atom. The number of rotatable bonds is 9. The van der Waals surface area contributed by atoms with Crippen LogP contribution in [0, 0.1) is 0 Å². The quantitative estimate of drug-likeness (QED) is 0.661. The number of amides is 1. The van der Waals surface area contributed by atoms with Crippen molar-refractivity contribution in [3.05, 3.63) is 24.3 Å². The molecule has 19 heavy (non-hydrogen) atoms. The summed E-state index contributed by atoms with van der Waals surface area (Å²) in [6, 6.07) is 7.18. The van der Waals surface area contributed by atoms with Crippen molar-refractivity contribution in [2.24, 2.45) is 5.73 Å². The van der Waals surface area contributed by atoms with E-state index in [1.807, 2.05) is 12.1 Å². The van der Waals surface area contributed by atoms with Crippen LogP contribution in [0.15, 0.2) is 24.3 Å². The maximum atomic E-state index is 11.5. The predicted molar refractivity (Wildman–Crippen MR) is 74.4 cm³/mol. The van der Waals surface area contributed by atoms with Crippen LogP contribution in [0.25, 0.3) is 0 Å². The maximum Gasteiger partial charge on any atom is 0.257 e. The van der Waals surface area contributed by atoms with Crippen LogP contribution in [0.1, 0.15) is 19.3 Å². The summed E-state index contributed by atoms with van der Waals surface area (Å²) in [6.45, 7) is 1.39. The summed E-state index contributed by atoms with van der Waals surface area (Å²) >= 11 is 0. The lowest BCUT2D eigenvalue weighted by Crippen LogP contribution is -2.29. The Balaban J connectivity index is 2.18. The van der Waals surface area contributed by atoms with E-state index in [9.17, 15) is 4.79 Å². The lowest BCUT2D eigenvalue weighted by Gasteiger charge is -2.08. The third-order valence-electron chi connectivity index (χ3n) is 2.61. The third kappa shape index (κ3) is 6.67. The topological polar surface area (TPSA) is 73.6 Å². The summed E-state index contributed by atoms with van der Waals surface area (Å²) in [4.78, 5) is 11.5. The molecule has 0 atom stereocenters. The van der Waals surface area contributed by atoms with Crippen LogP contribution in [0.3, 0.4) is 0 Å². The van der Waals surface area contributed by atoms with Gasteiger partial charge in [0, 0.05) is 12.6 Å². The van der Waals surface area contributed by atoms with Crippen molar-refractivity contribution in [1.82, 2.24) is 5.32 Å². The minimum absolute atomic E-state index is 0.0179. The number of unbranched alkanes of at least 4 members (excludes halogenated alkanes) is 2. The molecule has 3 N–H and O–H groups in total. The van der Waals surface area contributed by atoms with Crippen LogP contribution in [0.2, 0.25) is 0 Å². The van der Waals surface area contributed by atoms with Crippen LogP contribution in [0.5, 0.6) is 11.5 Å². The molecule has 1 amide bonds. The Hall–Kier alpha value is -1.75. The number of benzene rings is 1. The van der Waals surface area contributed by atoms with Crippen LogP contribution >= 0.6 is 0 Å². The van der Waals surface area contributed by atoms with E-state index in [4.69, 9.17) is 15.2 Å². The molecule has 0 bridgehead atoms. The summed E-state index contributed by atoms with van der Waals surface area (Å²) in [5.41, 5.74) is 5.39. The van der Waals surface area contributed by atoms with Gasteiger partial charge in [0.25, 0.3) is 5.91 Å². The number of hydrogen-bond acceptors (Lipinski definition) is 4. The number of nitrogens with one attached hydrogen (secondary N) is 1. The number of ether oxygens (including phenoxy) is 2. The molecule has 0 spiro atoms. The van der Waals surface area contributed by atoms with E-state index in [0.29, 0.717) is 24.6 Å². The fourth-order valence-corrected chi connectivity index (χ4v) is 1.56. The fourth-order valence-electron chi connectivity index (χ4n) is 1.56. The molecule has 0 saturated carbocycles. The van der Waals surface area contributed by atoms with E-state index in [1.165, 1.54) is 0 Å². The molecule has 106 valence electrons. The van der Waals surface area contributed by atoms with E-state index >= 15 is 0 Å². The average molecular weight is 266 g/mol. The van der Waals surface area contributed by atoms with E-state index in [-0.39, 0.29) is 12.5 Å². The summed E-state index contributed by atoms with van der Waals surface area (Å²) in [6.07, 6.45) is 2.98. The van der Waals surface area contributed by atoms with Gasteiger partial charge in [-0.3, -0.25) is 4.79 Å². The average Bonchev–Trinajstić information content (AvgIpc) is 2.45. The minimum Gasteiger partial charge on any atom is -0.497 e. The highest BCUT2D eigenvalue weighted by molar-refractivity contribution is 5.77. The first-order chi connectivity index (χ1) is 9.26. The second-order valence-electron chi connectivity index (χ2n) is 4.17. The number of nitrogens with two attached hydrogens (primary N) is 1. The minimum atomic E-state index is -0.115. The molecule has 5 nitrogen and oxygen atoms in total. The van der Waals surface area contributed by atoms with Crippen LogP contribution in [0.4, 0.5) is 0 Å². The van der Waals surface area contributed by atoms with Crippen LogP contribution in [-0.4, -0.2) is 32.7 Å². The second-order valence-corrected chi connectivity index (χ2v) is 4.17. The maximum absolute atomic E-state index is 11.5. The molecule has 1 aromatic rings. The molecule has 0 aliphatic carbocycles. The number of carbonyl (C=O) groups excluding carboxylic acids is 1. The first kappa shape index (κ1) is 15.3. The summed E-state index contributed by atoms with van der Waals surface area (Å²) in [5.74, 6) is 1.22. The van der Waals surface area contributed by atoms with Crippen LogP contribution in [-0.2, 0) is 4.79 Å². The van der Waals surface area contributed by atoms with Crippen molar-refractivity contribution >= 4 is 5.91 Å². The zero-order valence-electron chi connectivity index (χ0n) is 11.4. The number of carbonyl (C=O) groups is 1. The molecule has 5 heteroatoms. The standard InChI is InChI=1S/C14H22N2O3/c1-18-12-6-5-7-13(10-12)19-11-14(17)16-9-4-2-3-8-15/h5-7,10H,2-4,8-9,11,15H2,1H3,(H,16,17). The van der Waals surface area contributed by atoms with Gasteiger partial charge in [0.15, 0.2) is 6.61 Å². The summed E-state index contributed by atoms with van der Waals surface area (Å²) < 4.78 is 10.4. The molecular weight excluding hydrogens is 244 g/mol. The molecule has 0 aromatic heterocycles. The molecule has 0 heterocycles. The molecule has 1 aromatic carbocycles. The largest absolute Gasteiger partial charge is 0.497 e. The van der Waals surface area contributed by atoms with Crippen molar-refractivity contribution in [1.29, 1.82) is 0 Å². The first-order valence-corrected chi connectivity index (χ1v) is 6.50. The van der Waals surface area contributed by atoms with Gasteiger partial charge in [-0.25, -0.2) is 0 Å². The molecule has 0 aliphatic heterocycles. The highest BCUT2D eigenvalue weighted by atomic mass is 16.5. The van der Waals surface area contributed by atoms with Gasteiger partial charge in [-0.15, -0.1) is 0 Å². The van der Waals surface area contributed by atoms with E-state index in [2.05, 4.69) is 5.32 Å². The van der Waals surface area contributed by atoms with Gasteiger partial charge in [-0.2, -0.15) is 0 Å². The monoisotopic (exact) mass is 266 g/mol. The van der Waals surface area contributed by atoms with Gasteiger partial charge in [-0.05, 0) is 31.5 Å². The van der Waals surface area contributed by atoms with E-state index < -0.39 is 0 Å². The Morgan fingerprint density at radius 2 is 2.05 bits per heavy atom. The van der Waals surface area contributed by atoms with Crippen molar-refractivity contribution in [3.8, 4) is 11.5 Å². The molecule has 0 radical (unpaired) electrons. The lowest BCUT2D eigenvalue weighted by molar-refractivity contribution is -0.123. The van der Waals surface area contributed by atoms with Gasteiger partial charge >= 0.3 is 0 Å². The van der Waals surface area contributed by atoms with Gasteiger partial charge in [-0.1, -0.05) is 12.5 Å². The van der Waals surface area contributed by atoms with Crippen molar-refractivity contribution in [2.75, 3.05) is 26.8 Å². The Bertz CT molecular complexity index is 383. The zero-order chi connectivity index (χ0) is 13.9.